The van der Waals surface area contributed by atoms with Crippen LogP contribution in [0.4, 0.5) is 5.69 Å². The Kier molecular flexibility index (Phi) is 4.76. The Bertz CT molecular complexity index is 647. The molecule has 0 atom stereocenters. The number of nitrogens with zero attached hydrogens (tertiary/aromatic N) is 3. The Labute approximate surface area is 115 Å². The molecule has 2 heterocycles. The third kappa shape index (κ3) is 3.86. The lowest BCUT2D eigenvalue weighted by Crippen LogP contribution is -2.12. The minimum Gasteiger partial charge on any atom is -0.395 e. The Hall–Kier alpha value is -2.78. The summed E-state index contributed by atoms with van der Waals surface area (Å²) in [5.41, 5.74) is 1.52. The molecule has 0 bridgehead atoms. The van der Waals surface area contributed by atoms with Crippen molar-refractivity contribution in [2.45, 2.75) is 6.42 Å². The number of rotatable bonds is 3. The van der Waals surface area contributed by atoms with Gasteiger partial charge in [0.05, 0.1) is 30.3 Å². The summed E-state index contributed by atoms with van der Waals surface area (Å²) in [6.45, 7) is 0.00854. The highest BCUT2D eigenvalue weighted by atomic mass is 16.2. The van der Waals surface area contributed by atoms with Crippen molar-refractivity contribution in [1.82, 2.24) is 15.0 Å². The van der Waals surface area contributed by atoms with Crippen LogP contribution in [-0.4, -0.2) is 32.6 Å². The lowest BCUT2D eigenvalue weighted by atomic mass is 10.2. The van der Waals surface area contributed by atoms with Crippen molar-refractivity contribution in [3.05, 3.63) is 48.3 Å². The highest BCUT2D eigenvalue weighted by molar-refractivity contribution is 6.04. The van der Waals surface area contributed by atoms with Gasteiger partial charge >= 0.3 is 0 Å². The Morgan fingerprint density at radius 3 is 2.75 bits per heavy atom. The smallest absolute Gasteiger partial charge is 0.257 e. The summed E-state index contributed by atoms with van der Waals surface area (Å²) >= 11 is 0. The standard InChI is InChI=1S/C14H12N4O2/c19-4-2-1-3-11-5-12(7-15-6-11)14(20)18-13-8-16-10-17-9-13/h5-10,19H,2,4H2,(H,18,20). The van der Waals surface area contributed by atoms with E-state index in [1.807, 2.05) is 0 Å². The molecular formula is C14H12N4O2. The molecule has 6 nitrogen and oxygen atoms in total. The zero-order valence-corrected chi connectivity index (χ0v) is 10.6. The summed E-state index contributed by atoms with van der Waals surface area (Å²) in [5.74, 6) is 5.30. The van der Waals surface area contributed by atoms with E-state index in [0.29, 0.717) is 23.2 Å². The van der Waals surface area contributed by atoms with E-state index >= 15 is 0 Å². The van der Waals surface area contributed by atoms with E-state index in [-0.39, 0.29) is 12.5 Å². The van der Waals surface area contributed by atoms with Crippen molar-refractivity contribution >= 4 is 11.6 Å². The molecule has 0 unspecified atom stereocenters. The maximum atomic E-state index is 12.0. The fourth-order valence-electron chi connectivity index (χ4n) is 1.42. The predicted octanol–water partition coefficient (Wildman–Crippen LogP) is 0.858. The van der Waals surface area contributed by atoms with Crippen molar-refractivity contribution in [3.8, 4) is 11.8 Å². The summed E-state index contributed by atoms with van der Waals surface area (Å²) in [6.07, 6.45) is 7.79. The normalized spacial score (nSPS) is 9.45. The molecule has 0 aliphatic rings. The largest absolute Gasteiger partial charge is 0.395 e. The van der Waals surface area contributed by atoms with Gasteiger partial charge in [-0.25, -0.2) is 9.97 Å². The minimum absolute atomic E-state index is 0.00854. The van der Waals surface area contributed by atoms with E-state index in [4.69, 9.17) is 5.11 Å². The highest BCUT2D eigenvalue weighted by Crippen LogP contribution is 2.07. The van der Waals surface area contributed by atoms with Crippen molar-refractivity contribution < 1.29 is 9.90 Å². The maximum Gasteiger partial charge on any atom is 0.257 e. The van der Waals surface area contributed by atoms with Gasteiger partial charge in [0.25, 0.3) is 5.91 Å². The fraction of sp³-hybridized carbons (Fsp3) is 0.143. The molecule has 0 fully saturated rings. The van der Waals surface area contributed by atoms with Crippen LogP contribution in [0.5, 0.6) is 0 Å². The molecule has 0 radical (unpaired) electrons. The molecule has 0 aliphatic carbocycles. The van der Waals surface area contributed by atoms with Gasteiger partial charge in [-0.05, 0) is 6.07 Å². The van der Waals surface area contributed by atoms with E-state index in [1.165, 1.54) is 24.9 Å². The number of hydrogen-bond acceptors (Lipinski definition) is 5. The van der Waals surface area contributed by atoms with Crippen LogP contribution in [0.15, 0.2) is 37.2 Å². The molecule has 100 valence electrons. The monoisotopic (exact) mass is 268 g/mol. The number of carbonyl (C=O) groups excluding carboxylic acids is 1. The number of carbonyl (C=O) groups is 1. The van der Waals surface area contributed by atoms with Crippen LogP contribution in [0, 0.1) is 11.8 Å². The van der Waals surface area contributed by atoms with Crippen LogP contribution in [0.2, 0.25) is 0 Å². The van der Waals surface area contributed by atoms with Crippen LogP contribution >= 0.6 is 0 Å². The van der Waals surface area contributed by atoms with Gasteiger partial charge in [-0.15, -0.1) is 0 Å². The maximum absolute atomic E-state index is 12.0. The number of aliphatic hydroxyl groups is 1. The summed E-state index contributed by atoms with van der Waals surface area (Å²) in [4.78, 5) is 23.6. The second-order valence-corrected chi connectivity index (χ2v) is 3.82. The van der Waals surface area contributed by atoms with Crippen molar-refractivity contribution in [3.63, 3.8) is 0 Å². The van der Waals surface area contributed by atoms with Gasteiger partial charge < -0.3 is 10.4 Å². The summed E-state index contributed by atoms with van der Waals surface area (Å²) in [6, 6.07) is 1.64. The van der Waals surface area contributed by atoms with Crippen molar-refractivity contribution in [2.24, 2.45) is 0 Å². The van der Waals surface area contributed by atoms with Gasteiger partial charge in [0.15, 0.2) is 0 Å². The molecule has 6 heteroatoms. The molecule has 1 amide bonds. The summed E-state index contributed by atoms with van der Waals surface area (Å²) < 4.78 is 0. The van der Waals surface area contributed by atoms with E-state index in [9.17, 15) is 4.79 Å². The Morgan fingerprint density at radius 1 is 1.20 bits per heavy atom. The third-order valence-corrected chi connectivity index (χ3v) is 2.29. The first-order valence-electron chi connectivity index (χ1n) is 5.91. The third-order valence-electron chi connectivity index (χ3n) is 2.29. The molecule has 0 saturated carbocycles. The number of nitrogens with one attached hydrogen (secondary N) is 1. The Morgan fingerprint density at radius 2 is 2.00 bits per heavy atom. The zero-order chi connectivity index (χ0) is 14.2. The quantitative estimate of drug-likeness (QED) is 0.806. The molecular weight excluding hydrogens is 256 g/mol. The van der Waals surface area contributed by atoms with Gasteiger partial charge in [-0.2, -0.15) is 0 Å². The molecule has 0 aliphatic heterocycles. The minimum atomic E-state index is -0.307. The molecule has 20 heavy (non-hydrogen) atoms. The number of hydrogen-bond donors (Lipinski definition) is 2. The van der Waals surface area contributed by atoms with Gasteiger partial charge in [-0.3, -0.25) is 9.78 Å². The first-order valence-corrected chi connectivity index (χ1v) is 5.91. The number of amides is 1. The lowest BCUT2D eigenvalue weighted by Gasteiger charge is -2.03. The lowest BCUT2D eigenvalue weighted by molar-refractivity contribution is 0.102. The summed E-state index contributed by atoms with van der Waals surface area (Å²) in [5, 5.41) is 11.3. The molecule has 0 saturated heterocycles. The second-order valence-electron chi connectivity index (χ2n) is 3.82. The molecule has 0 spiro atoms. The fourth-order valence-corrected chi connectivity index (χ4v) is 1.42. The van der Waals surface area contributed by atoms with E-state index in [1.54, 1.807) is 12.3 Å². The van der Waals surface area contributed by atoms with Crippen molar-refractivity contribution in [1.29, 1.82) is 0 Å². The van der Waals surface area contributed by atoms with Gasteiger partial charge in [0.2, 0.25) is 0 Å². The van der Waals surface area contributed by atoms with Gasteiger partial charge in [0.1, 0.15) is 6.33 Å². The number of pyridine rings is 1. The number of aliphatic hydroxyl groups excluding tert-OH is 1. The van der Waals surface area contributed by atoms with Gasteiger partial charge in [-0.1, -0.05) is 11.8 Å². The SMILES string of the molecule is O=C(Nc1cncnc1)c1cncc(C#CCCO)c1. The van der Waals surface area contributed by atoms with E-state index < -0.39 is 0 Å². The first kappa shape index (κ1) is 13.6. The molecule has 2 rings (SSSR count). The Balaban J connectivity index is 2.11. The average Bonchev–Trinajstić information content (AvgIpc) is 2.49. The van der Waals surface area contributed by atoms with E-state index in [2.05, 4.69) is 32.1 Å². The zero-order valence-electron chi connectivity index (χ0n) is 10.6. The molecule has 2 aromatic rings. The summed E-state index contributed by atoms with van der Waals surface area (Å²) in [7, 11) is 0. The highest BCUT2D eigenvalue weighted by Gasteiger charge is 2.07. The molecule has 0 aromatic carbocycles. The van der Waals surface area contributed by atoms with E-state index in [0.717, 1.165) is 0 Å². The van der Waals surface area contributed by atoms with Crippen LogP contribution in [0.3, 0.4) is 0 Å². The predicted molar refractivity (Wildman–Crippen MR) is 72.8 cm³/mol. The van der Waals surface area contributed by atoms with Crippen LogP contribution in [-0.2, 0) is 0 Å². The molecule has 2 N–H and O–H groups in total. The van der Waals surface area contributed by atoms with Crippen LogP contribution < -0.4 is 5.32 Å². The van der Waals surface area contributed by atoms with Crippen molar-refractivity contribution in [2.75, 3.05) is 11.9 Å². The first-order chi connectivity index (χ1) is 9.79. The second kappa shape index (κ2) is 6.97. The topological polar surface area (TPSA) is 88.0 Å². The number of aromatic nitrogens is 3. The van der Waals surface area contributed by atoms with Crippen LogP contribution in [0.25, 0.3) is 0 Å². The average molecular weight is 268 g/mol. The van der Waals surface area contributed by atoms with Gasteiger partial charge in [0, 0.05) is 24.4 Å². The molecule has 2 aromatic heterocycles. The number of anilines is 1. The van der Waals surface area contributed by atoms with Crippen LogP contribution in [0.1, 0.15) is 22.3 Å².